The molecule has 1 saturated carbocycles. The van der Waals surface area contributed by atoms with Crippen LogP contribution in [0.2, 0.25) is 0 Å². The van der Waals surface area contributed by atoms with Gasteiger partial charge in [0.25, 0.3) is 5.91 Å². The van der Waals surface area contributed by atoms with Gasteiger partial charge in [-0.2, -0.15) is 0 Å². The summed E-state index contributed by atoms with van der Waals surface area (Å²) in [6, 6.07) is 28.9. The summed E-state index contributed by atoms with van der Waals surface area (Å²) in [5.74, 6) is 1.10. The molecule has 11 nitrogen and oxygen atoms in total. The molecule has 11 heteroatoms. The molecule has 6 unspecified atom stereocenters. The maximum absolute atomic E-state index is 14.7. The van der Waals surface area contributed by atoms with Crippen molar-refractivity contribution in [2.75, 3.05) is 40.3 Å². The molecule has 8 rings (SSSR count). The molecule has 2 heterocycles. The number of rotatable bonds is 18. The van der Waals surface area contributed by atoms with Crippen molar-refractivity contribution in [3.63, 3.8) is 0 Å². The number of nitrogens with zero attached hydrogens (tertiary/aromatic N) is 2. The Morgan fingerprint density at radius 2 is 1.61 bits per heavy atom. The van der Waals surface area contributed by atoms with Crippen molar-refractivity contribution in [3.05, 3.63) is 126 Å². The van der Waals surface area contributed by atoms with Gasteiger partial charge in [0.15, 0.2) is 11.5 Å². The number of hydrogen-bond donors (Lipinski definition) is 2. The molecule has 2 aliphatic heterocycles. The SMILES string of the molecule is C=CCOC12Oc3ccc(Oc4ccc(-c5ccccc5)cc4)cc3C3C(CCCCO)C(CCCCO)C=C(C(=NOCC)CC1N(C)C(=O)c1ccc4c(c1)OCO4)C32. The molecular formula is C50H56N2O9. The van der Waals surface area contributed by atoms with Crippen molar-refractivity contribution in [1.82, 2.24) is 4.90 Å². The molecule has 0 aromatic heterocycles. The number of ether oxygens (including phenoxy) is 5. The van der Waals surface area contributed by atoms with Gasteiger partial charge >= 0.3 is 0 Å². The summed E-state index contributed by atoms with van der Waals surface area (Å²) in [6.45, 7) is 6.79. The van der Waals surface area contributed by atoms with E-state index in [-0.39, 0.29) is 50.3 Å². The molecule has 0 saturated heterocycles. The third kappa shape index (κ3) is 8.51. The first-order valence-electron chi connectivity index (χ1n) is 21.6. The molecule has 1 amide bonds. The lowest BCUT2D eigenvalue weighted by Gasteiger charge is -2.59. The van der Waals surface area contributed by atoms with Gasteiger partial charge in [-0.15, -0.1) is 6.58 Å². The van der Waals surface area contributed by atoms with E-state index in [0.717, 1.165) is 53.7 Å². The van der Waals surface area contributed by atoms with Crippen LogP contribution in [-0.2, 0) is 9.57 Å². The number of benzene rings is 4. The topological polar surface area (TPSA) is 129 Å². The maximum Gasteiger partial charge on any atom is 0.254 e. The van der Waals surface area contributed by atoms with Crippen LogP contribution in [0.3, 0.4) is 0 Å². The minimum Gasteiger partial charge on any atom is -0.459 e. The summed E-state index contributed by atoms with van der Waals surface area (Å²) in [7, 11) is 1.79. The molecular weight excluding hydrogens is 773 g/mol. The van der Waals surface area contributed by atoms with E-state index in [1.165, 1.54) is 0 Å². The summed E-state index contributed by atoms with van der Waals surface area (Å²) in [5.41, 5.74) is 5.36. The third-order valence-electron chi connectivity index (χ3n) is 12.6. The number of carbonyl (C=O) groups is 1. The lowest BCUT2D eigenvalue weighted by atomic mass is 9.55. The van der Waals surface area contributed by atoms with Gasteiger partial charge in [0.05, 0.1) is 18.2 Å². The Morgan fingerprint density at radius 3 is 2.36 bits per heavy atom. The summed E-state index contributed by atoms with van der Waals surface area (Å²) in [5, 5.41) is 24.6. The van der Waals surface area contributed by atoms with Crippen LogP contribution in [0.4, 0.5) is 0 Å². The summed E-state index contributed by atoms with van der Waals surface area (Å²) >= 11 is 0. The molecule has 0 bridgehead atoms. The minimum absolute atomic E-state index is 0.0794. The van der Waals surface area contributed by atoms with Crippen LogP contribution in [0, 0.1) is 17.8 Å². The van der Waals surface area contributed by atoms with Gasteiger partial charge < -0.3 is 43.6 Å². The van der Waals surface area contributed by atoms with Gasteiger partial charge in [-0.25, -0.2) is 0 Å². The van der Waals surface area contributed by atoms with Crippen molar-refractivity contribution in [1.29, 1.82) is 0 Å². The van der Waals surface area contributed by atoms with Crippen molar-refractivity contribution in [2.24, 2.45) is 22.9 Å². The van der Waals surface area contributed by atoms with E-state index in [4.69, 9.17) is 33.7 Å². The van der Waals surface area contributed by atoms with Gasteiger partial charge in [0.2, 0.25) is 12.6 Å². The number of aliphatic hydroxyl groups is 2. The van der Waals surface area contributed by atoms with Crippen LogP contribution in [0.25, 0.3) is 11.1 Å². The van der Waals surface area contributed by atoms with E-state index >= 15 is 0 Å². The molecule has 6 atom stereocenters. The molecule has 4 aliphatic rings. The zero-order valence-electron chi connectivity index (χ0n) is 35.0. The normalized spacial score (nSPS) is 23.9. The Balaban J connectivity index is 1.26. The quantitative estimate of drug-likeness (QED) is 0.0573. The van der Waals surface area contributed by atoms with E-state index in [2.05, 4.69) is 43.0 Å². The summed E-state index contributed by atoms with van der Waals surface area (Å²) in [4.78, 5) is 22.2. The number of aliphatic hydroxyl groups excluding tert-OH is 2. The zero-order chi connectivity index (χ0) is 42.3. The lowest BCUT2D eigenvalue weighted by molar-refractivity contribution is -0.252. The highest BCUT2D eigenvalue weighted by atomic mass is 16.7. The number of oxime groups is 1. The summed E-state index contributed by atoms with van der Waals surface area (Å²) < 4.78 is 32.1. The van der Waals surface area contributed by atoms with Crippen LogP contribution >= 0.6 is 0 Å². The van der Waals surface area contributed by atoms with E-state index in [1.807, 2.05) is 49.4 Å². The second kappa shape index (κ2) is 19.0. The molecule has 4 aromatic carbocycles. The highest BCUT2D eigenvalue weighted by Gasteiger charge is 2.65. The first kappa shape index (κ1) is 42.1. The highest BCUT2D eigenvalue weighted by Crippen LogP contribution is 2.62. The zero-order valence-corrected chi connectivity index (χ0v) is 35.0. The Kier molecular flexibility index (Phi) is 13.1. The average Bonchev–Trinajstić information content (AvgIpc) is 3.77. The highest BCUT2D eigenvalue weighted by molar-refractivity contribution is 6.03. The largest absolute Gasteiger partial charge is 0.459 e. The fraction of sp³-hybridized carbons (Fsp3) is 0.400. The van der Waals surface area contributed by atoms with E-state index in [0.29, 0.717) is 60.2 Å². The molecule has 61 heavy (non-hydrogen) atoms. The minimum atomic E-state index is -1.37. The number of hydrogen-bond acceptors (Lipinski definition) is 10. The number of amides is 1. The number of unbranched alkanes of at least 4 members (excludes halogenated alkanes) is 2. The second-order valence-corrected chi connectivity index (χ2v) is 16.2. The van der Waals surface area contributed by atoms with Crippen molar-refractivity contribution >= 4 is 11.6 Å². The molecule has 0 radical (unpaired) electrons. The van der Waals surface area contributed by atoms with Crippen molar-refractivity contribution < 1.29 is 43.5 Å². The Bertz CT molecular complexity index is 2220. The molecule has 0 spiro atoms. The second-order valence-electron chi connectivity index (χ2n) is 16.2. The Labute approximate surface area is 358 Å². The monoisotopic (exact) mass is 828 g/mol. The number of fused-ring (bicyclic) bond motifs is 3. The number of allylic oxidation sites excluding steroid dienone is 1. The van der Waals surface area contributed by atoms with Crippen LogP contribution < -0.4 is 18.9 Å². The van der Waals surface area contributed by atoms with Gasteiger partial charge in [-0.3, -0.25) is 4.79 Å². The molecule has 2 N–H and O–H groups in total. The van der Waals surface area contributed by atoms with Crippen molar-refractivity contribution in [2.45, 2.75) is 69.6 Å². The van der Waals surface area contributed by atoms with Gasteiger partial charge in [0.1, 0.15) is 29.9 Å². The van der Waals surface area contributed by atoms with E-state index < -0.39 is 17.7 Å². The third-order valence-corrected chi connectivity index (χ3v) is 12.6. The van der Waals surface area contributed by atoms with Gasteiger partial charge in [-0.05, 0) is 110 Å². The lowest BCUT2D eigenvalue weighted by Crippen LogP contribution is -2.69. The predicted molar refractivity (Wildman–Crippen MR) is 233 cm³/mol. The van der Waals surface area contributed by atoms with Crippen molar-refractivity contribution in [3.8, 4) is 39.9 Å². The van der Waals surface area contributed by atoms with Crippen LogP contribution in [-0.4, -0.2) is 78.8 Å². The Hall–Kier alpha value is -5.62. The van der Waals surface area contributed by atoms with Crippen LogP contribution in [0.15, 0.2) is 120 Å². The van der Waals surface area contributed by atoms with E-state index in [9.17, 15) is 15.0 Å². The van der Waals surface area contributed by atoms with Crippen LogP contribution in [0.1, 0.15) is 73.7 Å². The predicted octanol–water partition coefficient (Wildman–Crippen LogP) is 9.30. The van der Waals surface area contributed by atoms with E-state index in [1.54, 1.807) is 36.2 Å². The number of carbonyl (C=O) groups excluding carboxylic acids is 1. The standard InChI is InChI=1S/C50H56N2O9/c1-4-27-58-50-46(52(3)49(55)36-19-23-44-45(29-36)57-32-56-44)31-42(51-59-5-2)40-28-35(15-9-11-25-53)39(16-10-12-26-54)47(48(40)50)41-30-38(22-24-43(41)61-50)60-37-20-17-34(18-21-37)33-13-7-6-8-14-33/h4,6-8,13-14,17-24,28-30,35,39,46-48,53-54H,1,5,9-12,15-16,25-27,31-32H2,2-3H3. The van der Waals surface area contributed by atoms with Crippen LogP contribution in [0.5, 0.6) is 28.7 Å². The number of likely N-dealkylation sites (N-methyl/N-ethyl adjacent to an activating group) is 1. The summed E-state index contributed by atoms with van der Waals surface area (Å²) in [6.07, 6.45) is 9.05. The van der Waals surface area contributed by atoms with Gasteiger partial charge in [-0.1, -0.05) is 72.6 Å². The molecule has 2 aliphatic carbocycles. The molecule has 4 aromatic rings. The fourth-order valence-corrected chi connectivity index (χ4v) is 9.79. The van der Waals surface area contributed by atoms with Gasteiger partial charge in [0, 0.05) is 43.7 Å². The first-order chi connectivity index (χ1) is 29.9. The maximum atomic E-state index is 14.7. The average molecular weight is 829 g/mol. The molecule has 1 fully saturated rings. The smallest absolute Gasteiger partial charge is 0.254 e. The first-order valence-corrected chi connectivity index (χ1v) is 21.6. The Morgan fingerprint density at radius 1 is 0.885 bits per heavy atom. The fourth-order valence-electron chi connectivity index (χ4n) is 9.79. The molecule has 320 valence electrons.